The summed E-state index contributed by atoms with van der Waals surface area (Å²) in [6, 6.07) is 15.9. The van der Waals surface area contributed by atoms with E-state index < -0.39 is 98.2 Å². The zero-order valence-corrected chi connectivity index (χ0v) is 32.7. The average molecular weight is 854 g/mol. The van der Waals surface area contributed by atoms with Crippen molar-refractivity contribution in [2.75, 3.05) is 24.0 Å². The Balaban J connectivity index is 1.19. The van der Waals surface area contributed by atoms with Crippen molar-refractivity contribution >= 4 is 70.4 Å². The number of amides is 4. The average Bonchev–Trinajstić information content (AvgIpc) is 3.57. The van der Waals surface area contributed by atoms with E-state index in [1.54, 1.807) is 67.8 Å². The molecule has 8 rings (SSSR count). The van der Waals surface area contributed by atoms with Crippen molar-refractivity contribution in [2.45, 2.75) is 35.4 Å². The van der Waals surface area contributed by atoms with Gasteiger partial charge in [-0.3, -0.25) is 24.1 Å². The van der Waals surface area contributed by atoms with Crippen LogP contribution in [0.2, 0.25) is 0 Å². The fraction of sp³-hybridized carbons (Fsp3) is 0.256. The Bertz CT molecular complexity index is 2560. The number of imide groups is 2. The van der Waals surface area contributed by atoms with Gasteiger partial charge in [0.15, 0.2) is 33.0 Å². The fourth-order valence-electron chi connectivity index (χ4n) is 8.94. The van der Waals surface area contributed by atoms with Crippen molar-refractivity contribution in [1.29, 1.82) is 0 Å². The van der Waals surface area contributed by atoms with E-state index in [1.165, 1.54) is 32.2 Å². The summed E-state index contributed by atoms with van der Waals surface area (Å²) in [6.07, 6.45) is 4.54. The highest BCUT2D eigenvalue weighted by Gasteiger charge is 2.77. The molecule has 1 saturated carbocycles. The van der Waals surface area contributed by atoms with Crippen molar-refractivity contribution in [1.82, 2.24) is 0 Å². The Hall–Kier alpha value is -5.73. The van der Waals surface area contributed by atoms with Crippen LogP contribution in [0.5, 0.6) is 17.2 Å². The molecule has 0 bridgehead atoms. The van der Waals surface area contributed by atoms with Gasteiger partial charge in [-0.15, -0.1) is 23.2 Å². The van der Waals surface area contributed by atoms with Gasteiger partial charge in [-0.1, -0.05) is 48.1 Å². The topological polar surface area (TPSA) is 113 Å². The number of aromatic hydroxyl groups is 1. The summed E-state index contributed by atoms with van der Waals surface area (Å²) < 4.78 is 84.6. The number of phenolic OH excluding ortho intramolecular Hbond substituents is 1. The molecule has 0 spiro atoms. The zero-order valence-electron chi connectivity index (χ0n) is 31.2. The number of allylic oxidation sites excluding steroid dienone is 2. The number of methoxy groups -OCH3 is 2. The molecule has 3 fully saturated rings. The highest BCUT2D eigenvalue weighted by molar-refractivity contribution is 6.58. The molecule has 6 atom stereocenters. The van der Waals surface area contributed by atoms with Crippen molar-refractivity contribution < 1.29 is 55.7 Å². The lowest BCUT2D eigenvalue weighted by atomic mass is 9.56. The van der Waals surface area contributed by atoms with Crippen LogP contribution in [0.15, 0.2) is 72.3 Å². The molecule has 2 aliphatic heterocycles. The molecule has 2 saturated heterocycles. The van der Waals surface area contributed by atoms with Crippen LogP contribution in [0.3, 0.4) is 0 Å². The Morgan fingerprint density at radius 2 is 1.42 bits per heavy atom. The number of phenols is 1. The number of nitrogens with zero attached hydrogens (tertiary/aromatic N) is 2. The van der Waals surface area contributed by atoms with E-state index >= 15 is 8.78 Å². The molecule has 4 aromatic rings. The number of ether oxygens (including phenoxy) is 2. The maximum atomic E-state index is 15.3. The van der Waals surface area contributed by atoms with E-state index in [-0.39, 0.29) is 33.9 Å². The van der Waals surface area contributed by atoms with Gasteiger partial charge >= 0.3 is 0 Å². The number of aryl methyl sites for hydroxylation is 1. The monoisotopic (exact) mass is 852 g/mol. The van der Waals surface area contributed by atoms with Gasteiger partial charge in [0.05, 0.1) is 31.7 Å². The summed E-state index contributed by atoms with van der Waals surface area (Å²) in [5.41, 5.74) is 0.581. The second kappa shape index (κ2) is 14.2. The second-order valence-corrected chi connectivity index (χ2v) is 16.0. The van der Waals surface area contributed by atoms with Crippen LogP contribution in [0.1, 0.15) is 41.0 Å². The lowest BCUT2D eigenvalue weighted by Crippen LogP contribution is -2.60. The molecule has 2 heterocycles. The van der Waals surface area contributed by atoms with E-state index in [0.717, 1.165) is 10.5 Å². The van der Waals surface area contributed by atoms with Crippen molar-refractivity contribution in [2.24, 2.45) is 17.8 Å². The summed E-state index contributed by atoms with van der Waals surface area (Å²) in [4.78, 5) is 53.0. The van der Waals surface area contributed by atoms with Crippen LogP contribution < -0.4 is 19.3 Å². The normalized spacial score (nSPS) is 26.3. The minimum Gasteiger partial charge on any atom is -0.508 e. The molecule has 304 valence electrons. The van der Waals surface area contributed by atoms with Gasteiger partial charge < -0.3 is 14.6 Å². The molecule has 0 radical (unpaired) electrons. The molecular formula is C43H31Cl2F5N2O7. The Labute approximate surface area is 343 Å². The maximum absolute atomic E-state index is 15.3. The first-order valence-electron chi connectivity index (χ1n) is 18.2. The second-order valence-electron chi connectivity index (χ2n) is 14.8. The molecule has 4 amide bonds. The van der Waals surface area contributed by atoms with Crippen LogP contribution in [0, 0.1) is 53.8 Å². The van der Waals surface area contributed by atoms with Gasteiger partial charge in [-0.2, -0.15) is 0 Å². The first-order valence-corrected chi connectivity index (χ1v) is 18.9. The molecule has 16 heteroatoms. The summed E-state index contributed by atoms with van der Waals surface area (Å²) in [5.74, 6) is -20.3. The molecule has 2 aliphatic carbocycles. The van der Waals surface area contributed by atoms with Crippen LogP contribution >= 0.6 is 23.2 Å². The zero-order chi connectivity index (χ0) is 42.5. The third-order valence-corrected chi connectivity index (χ3v) is 13.2. The lowest BCUT2D eigenvalue weighted by Gasteiger charge is -2.50. The number of hydrogen-bond donors (Lipinski definition) is 1. The summed E-state index contributed by atoms with van der Waals surface area (Å²) in [5, 5.41) is 10.4. The number of benzene rings is 4. The van der Waals surface area contributed by atoms with E-state index in [9.17, 15) is 37.5 Å². The summed E-state index contributed by atoms with van der Waals surface area (Å²) in [7, 11) is 3.08. The molecule has 59 heavy (non-hydrogen) atoms. The van der Waals surface area contributed by atoms with Crippen molar-refractivity contribution in [3.63, 3.8) is 0 Å². The number of halogens is 7. The quantitative estimate of drug-likeness (QED) is 0.0379. The molecule has 1 N–H and O–H groups in total. The van der Waals surface area contributed by atoms with Crippen molar-refractivity contribution in [3.05, 3.63) is 124 Å². The van der Waals surface area contributed by atoms with Crippen LogP contribution in [0.4, 0.5) is 33.3 Å². The molecule has 4 aliphatic rings. The fourth-order valence-corrected chi connectivity index (χ4v) is 9.88. The van der Waals surface area contributed by atoms with Crippen LogP contribution in [-0.2, 0) is 19.2 Å². The number of rotatable bonds is 7. The number of carbonyl (C=O) groups excluding carboxylic acids is 4. The smallest absolute Gasteiger partial charge is 0.258 e. The van der Waals surface area contributed by atoms with Crippen LogP contribution in [0.25, 0.3) is 12.2 Å². The maximum Gasteiger partial charge on any atom is 0.258 e. The molecular weight excluding hydrogens is 822 g/mol. The Kier molecular flexibility index (Phi) is 9.66. The van der Waals surface area contributed by atoms with E-state index in [4.69, 9.17) is 32.7 Å². The molecule has 0 aromatic heterocycles. The van der Waals surface area contributed by atoms with E-state index in [0.29, 0.717) is 22.6 Å². The highest BCUT2D eigenvalue weighted by Crippen LogP contribution is 2.66. The molecule has 0 unspecified atom stereocenters. The number of hydrogen-bond acceptors (Lipinski definition) is 7. The van der Waals surface area contributed by atoms with Gasteiger partial charge in [-0.25, -0.2) is 26.9 Å². The predicted molar refractivity (Wildman–Crippen MR) is 207 cm³/mol. The summed E-state index contributed by atoms with van der Waals surface area (Å²) in [6.45, 7) is 1.52. The van der Waals surface area contributed by atoms with Gasteiger partial charge in [0.1, 0.15) is 22.9 Å². The number of carbonyl (C=O) groups is 4. The Morgan fingerprint density at radius 1 is 0.763 bits per heavy atom. The van der Waals surface area contributed by atoms with Gasteiger partial charge in [0.2, 0.25) is 17.6 Å². The number of fused-ring (bicyclic) bond motifs is 4. The molecule has 9 nitrogen and oxygen atoms in total. The van der Waals surface area contributed by atoms with Crippen LogP contribution in [-0.4, -0.2) is 52.7 Å². The minimum absolute atomic E-state index is 0.0277. The third-order valence-electron chi connectivity index (χ3n) is 11.8. The first kappa shape index (κ1) is 40.1. The van der Waals surface area contributed by atoms with E-state index in [1.807, 2.05) is 0 Å². The standard InChI is InChI=1S/C43H31Cl2F5N2O7/c1-19-16-22(8-14-28(19)53)31-25-12-13-26-30(27(25)18-42(44)40(56)52(41(57)43(31,42)45)37-35(49)33(47)32(46)34(48)36(37)50)39(55)51(38(26)54)23-9-5-20(6-10-23)4-7-21-17-24(58-2)11-15-29(21)59-3/h4-12,14-17,26-27,30-31,53H,13,18H2,1-3H3/t26-,27+,30-,31-,42+,43-/m0/s1. The third kappa shape index (κ3) is 5.70. The Morgan fingerprint density at radius 3 is 2.05 bits per heavy atom. The molecule has 4 aromatic carbocycles. The van der Waals surface area contributed by atoms with Gasteiger partial charge in [0.25, 0.3) is 11.8 Å². The minimum atomic E-state index is -2.67. The largest absolute Gasteiger partial charge is 0.508 e. The number of anilines is 2. The lowest BCUT2D eigenvalue weighted by molar-refractivity contribution is -0.125. The van der Waals surface area contributed by atoms with E-state index in [2.05, 4.69) is 0 Å². The first-order chi connectivity index (χ1) is 28.0. The highest BCUT2D eigenvalue weighted by atomic mass is 35.5. The SMILES string of the molecule is COc1ccc(OC)c(C=Cc2ccc(N3C(=O)[C@H]4[C@H](CC=C5[C@H]4C[C@@]4(Cl)C(=O)N(c6c(F)c(F)c(F)c(F)c6F)C(=O)[C@@]4(Cl)[C@H]5c4ccc(O)c(C)c4)C3=O)cc2)c1. The van der Waals surface area contributed by atoms with Gasteiger partial charge in [0, 0.05) is 11.5 Å². The summed E-state index contributed by atoms with van der Waals surface area (Å²) >= 11 is 14.4. The van der Waals surface area contributed by atoms with Crippen molar-refractivity contribution in [3.8, 4) is 17.2 Å². The number of alkyl halides is 2. The predicted octanol–water partition coefficient (Wildman–Crippen LogP) is 8.35. The van der Waals surface area contributed by atoms with Gasteiger partial charge in [-0.05, 0) is 78.8 Å².